The highest BCUT2D eigenvalue weighted by atomic mass is 16.6. The molecule has 0 aromatic heterocycles. The van der Waals surface area contributed by atoms with Crippen molar-refractivity contribution in [3.63, 3.8) is 0 Å². The summed E-state index contributed by atoms with van der Waals surface area (Å²) in [6.07, 6.45) is 3.19. The van der Waals surface area contributed by atoms with Gasteiger partial charge in [-0.2, -0.15) is 0 Å². The zero-order chi connectivity index (χ0) is 15.2. The van der Waals surface area contributed by atoms with Gasteiger partial charge in [0.1, 0.15) is 5.69 Å². The van der Waals surface area contributed by atoms with Crippen molar-refractivity contribution in [3.8, 4) is 0 Å². The third kappa shape index (κ3) is 4.15. The Balaban J connectivity index is 2.04. The Morgan fingerprint density at radius 1 is 1.52 bits per heavy atom. The zero-order valence-electron chi connectivity index (χ0n) is 12.4. The minimum atomic E-state index is -0.367. The molecule has 0 bridgehead atoms. The predicted octanol–water partition coefficient (Wildman–Crippen LogP) is 2.23. The van der Waals surface area contributed by atoms with Gasteiger partial charge >= 0.3 is 0 Å². The summed E-state index contributed by atoms with van der Waals surface area (Å²) in [6, 6.07) is 5.25. The minimum absolute atomic E-state index is 0.109. The summed E-state index contributed by atoms with van der Waals surface area (Å²) in [5.74, 6) is 0.561. The molecule has 1 aliphatic rings. The lowest BCUT2D eigenvalue weighted by molar-refractivity contribution is -0.384. The van der Waals surface area contributed by atoms with E-state index in [4.69, 9.17) is 5.11 Å². The van der Waals surface area contributed by atoms with E-state index in [-0.39, 0.29) is 17.2 Å². The lowest BCUT2D eigenvalue weighted by Gasteiger charge is -2.32. The maximum absolute atomic E-state index is 10.9. The van der Waals surface area contributed by atoms with E-state index in [9.17, 15) is 10.1 Å². The van der Waals surface area contributed by atoms with Crippen molar-refractivity contribution in [3.05, 3.63) is 33.9 Å². The number of benzene rings is 1. The number of nitro benzene ring substituents is 1. The maximum Gasteiger partial charge on any atom is 0.292 e. The molecule has 0 spiro atoms. The van der Waals surface area contributed by atoms with Crippen molar-refractivity contribution >= 4 is 11.4 Å². The number of nitrogens with zero attached hydrogens (tertiary/aromatic N) is 2. The van der Waals surface area contributed by atoms with Crippen LogP contribution in [0.25, 0.3) is 0 Å². The van der Waals surface area contributed by atoms with Crippen molar-refractivity contribution in [2.75, 3.05) is 32.1 Å². The van der Waals surface area contributed by atoms with Gasteiger partial charge in [-0.05, 0) is 43.4 Å². The number of nitrogens with one attached hydrogen (secondary N) is 1. The third-order valence-electron chi connectivity index (χ3n) is 4.07. The second kappa shape index (κ2) is 7.38. The molecule has 2 N–H and O–H groups in total. The Morgan fingerprint density at radius 2 is 2.33 bits per heavy atom. The second-order valence-corrected chi connectivity index (χ2v) is 5.61. The van der Waals surface area contributed by atoms with E-state index in [1.807, 2.05) is 12.1 Å². The molecule has 2 rings (SSSR count). The van der Waals surface area contributed by atoms with Gasteiger partial charge in [-0.15, -0.1) is 0 Å². The molecule has 21 heavy (non-hydrogen) atoms. The van der Waals surface area contributed by atoms with E-state index in [2.05, 4.69) is 10.2 Å². The monoisotopic (exact) mass is 293 g/mol. The molecule has 1 aromatic carbocycles. The van der Waals surface area contributed by atoms with Gasteiger partial charge in [0.2, 0.25) is 0 Å². The van der Waals surface area contributed by atoms with Crippen molar-refractivity contribution in [2.45, 2.75) is 25.8 Å². The standard InChI is InChI=1S/C15H23N3O3/c1-16-14-9-13(4-5-15(14)18(20)21)11-17-7-2-3-12(10-17)6-8-19/h4-5,9,12,16,19H,2-3,6-8,10-11H2,1H3. The smallest absolute Gasteiger partial charge is 0.292 e. The molecule has 1 saturated heterocycles. The van der Waals surface area contributed by atoms with Gasteiger partial charge in [-0.25, -0.2) is 0 Å². The molecular weight excluding hydrogens is 270 g/mol. The van der Waals surface area contributed by atoms with Crippen LogP contribution in [0.1, 0.15) is 24.8 Å². The first kappa shape index (κ1) is 15.7. The summed E-state index contributed by atoms with van der Waals surface area (Å²) in [4.78, 5) is 12.9. The molecule has 0 aliphatic carbocycles. The lowest BCUT2D eigenvalue weighted by Crippen LogP contribution is -2.35. The molecular formula is C15H23N3O3. The van der Waals surface area contributed by atoms with Crippen molar-refractivity contribution in [1.29, 1.82) is 0 Å². The van der Waals surface area contributed by atoms with Crippen LogP contribution >= 0.6 is 0 Å². The number of rotatable bonds is 6. The summed E-state index contributed by atoms with van der Waals surface area (Å²) in [5, 5.41) is 22.9. The molecule has 1 unspecified atom stereocenters. The Kier molecular flexibility index (Phi) is 5.52. The van der Waals surface area contributed by atoms with Gasteiger partial charge in [0, 0.05) is 32.8 Å². The highest BCUT2D eigenvalue weighted by molar-refractivity contribution is 5.62. The fraction of sp³-hybridized carbons (Fsp3) is 0.600. The molecule has 1 atom stereocenters. The van der Waals surface area contributed by atoms with Gasteiger partial charge in [0.15, 0.2) is 0 Å². The van der Waals surface area contributed by atoms with Crippen LogP contribution < -0.4 is 5.32 Å². The lowest BCUT2D eigenvalue weighted by atomic mass is 9.95. The highest BCUT2D eigenvalue weighted by Gasteiger charge is 2.20. The van der Waals surface area contributed by atoms with Gasteiger partial charge < -0.3 is 10.4 Å². The van der Waals surface area contributed by atoms with Crippen LogP contribution in [0.3, 0.4) is 0 Å². The average molecular weight is 293 g/mol. The predicted molar refractivity (Wildman–Crippen MR) is 82.3 cm³/mol. The molecule has 0 radical (unpaired) electrons. The fourth-order valence-electron chi connectivity index (χ4n) is 3.01. The van der Waals surface area contributed by atoms with E-state index in [0.29, 0.717) is 11.6 Å². The normalized spacial score (nSPS) is 19.4. The molecule has 6 heteroatoms. The average Bonchev–Trinajstić information content (AvgIpc) is 2.47. The van der Waals surface area contributed by atoms with Crippen molar-refractivity contribution in [1.82, 2.24) is 4.90 Å². The van der Waals surface area contributed by atoms with Crippen molar-refractivity contribution in [2.24, 2.45) is 5.92 Å². The maximum atomic E-state index is 10.9. The first-order chi connectivity index (χ1) is 10.1. The van der Waals surface area contributed by atoms with Gasteiger partial charge in [-0.3, -0.25) is 15.0 Å². The number of piperidine rings is 1. The van der Waals surface area contributed by atoms with Crippen LogP contribution in [-0.2, 0) is 6.54 Å². The third-order valence-corrected chi connectivity index (χ3v) is 4.07. The van der Waals surface area contributed by atoms with E-state index < -0.39 is 0 Å². The van der Waals surface area contributed by atoms with Crippen LogP contribution in [-0.4, -0.2) is 41.7 Å². The molecule has 1 fully saturated rings. The molecule has 1 heterocycles. The Bertz CT molecular complexity index is 491. The number of hydrogen-bond acceptors (Lipinski definition) is 5. The first-order valence-corrected chi connectivity index (χ1v) is 7.42. The minimum Gasteiger partial charge on any atom is -0.396 e. The number of nitro groups is 1. The van der Waals surface area contributed by atoms with Gasteiger partial charge in [0.05, 0.1) is 4.92 Å². The van der Waals surface area contributed by atoms with Crippen LogP contribution in [0.4, 0.5) is 11.4 Å². The van der Waals surface area contributed by atoms with E-state index in [0.717, 1.165) is 38.0 Å². The quantitative estimate of drug-likeness (QED) is 0.621. The number of aliphatic hydroxyl groups excluding tert-OH is 1. The van der Waals surface area contributed by atoms with Gasteiger partial charge in [0.25, 0.3) is 5.69 Å². The molecule has 116 valence electrons. The summed E-state index contributed by atoms with van der Waals surface area (Å²) in [5.41, 5.74) is 1.74. The van der Waals surface area contributed by atoms with E-state index in [1.54, 1.807) is 13.1 Å². The summed E-state index contributed by atoms with van der Waals surface area (Å²) in [7, 11) is 1.70. The second-order valence-electron chi connectivity index (χ2n) is 5.61. The zero-order valence-corrected chi connectivity index (χ0v) is 12.4. The molecule has 0 saturated carbocycles. The van der Waals surface area contributed by atoms with Gasteiger partial charge in [-0.1, -0.05) is 6.07 Å². The first-order valence-electron chi connectivity index (χ1n) is 7.42. The van der Waals surface area contributed by atoms with Crippen LogP contribution in [0.2, 0.25) is 0 Å². The number of anilines is 1. The van der Waals surface area contributed by atoms with Crippen LogP contribution in [0.5, 0.6) is 0 Å². The topological polar surface area (TPSA) is 78.6 Å². The summed E-state index contributed by atoms with van der Waals surface area (Å²) < 4.78 is 0. The molecule has 1 aliphatic heterocycles. The number of likely N-dealkylation sites (tertiary alicyclic amines) is 1. The van der Waals surface area contributed by atoms with E-state index >= 15 is 0 Å². The SMILES string of the molecule is CNc1cc(CN2CCCC(CCO)C2)ccc1[N+](=O)[O-]. The Labute approximate surface area is 124 Å². The Hall–Kier alpha value is -1.66. The summed E-state index contributed by atoms with van der Waals surface area (Å²) in [6.45, 7) is 3.09. The summed E-state index contributed by atoms with van der Waals surface area (Å²) >= 11 is 0. The van der Waals surface area contributed by atoms with Crippen molar-refractivity contribution < 1.29 is 10.0 Å². The fourth-order valence-corrected chi connectivity index (χ4v) is 3.01. The van der Waals surface area contributed by atoms with Crippen LogP contribution in [0, 0.1) is 16.0 Å². The Morgan fingerprint density at radius 3 is 3.00 bits per heavy atom. The van der Waals surface area contributed by atoms with E-state index in [1.165, 1.54) is 6.42 Å². The highest BCUT2D eigenvalue weighted by Crippen LogP contribution is 2.27. The number of aliphatic hydroxyl groups is 1. The molecule has 6 nitrogen and oxygen atoms in total. The largest absolute Gasteiger partial charge is 0.396 e. The number of hydrogen-bond donors (Lipinski definition) is 2. The molecule has 0 amide bonds. The molecule has 1 aromatic rings. The van der Waals surface area contributed by atoms with Crippen LogP contribution in [0.15, 0.2) is 18.2 Å².